The molecule has 0 saturated carbocycles. The van der Waals surface area contributed by atoms with E-state index in [1.54, 1.807) is 49.5 Å². The summed E-state index contributed by atoms with van der Waals surface area (Å²) in [6.07, 6.45) is 1.58. The molecule has 2 heterocycles. The maximum Gasteiger partial charge on any atom is 0.261 e. The van der Waals surface area contributed by atoms with Crippen molar-refractivity contribution in [2.45, 2.75) is 6.92 Å². The predicted octanol–water partition coefficient (Wildman–Crippen LogP) is 5.45. The Morgan fingerprint density at radius 2 is 1.78 bits per heavy atom. The van der Waals surface area contributed by atoms with E-state index in [1.165, 1.54) is 24.3 Å². The number of amides is 2. The van der Waals surface area contributed by atoms with Gasteiger partial charge in [0.2, 0.25) is 0 Å². The van der Waals surface area contributed by atoms with E-state index in [4.69, 9.17) is 4.52 Å². The molecule has 9 heteroatoms. The third kappa shape index (κ3) is 4.73. The molecule has 0 radical (unpaired) electrons. The third-order valence-corrected chi connectivity index (χ3v) is 5.03. The van der Waals surface area contributed by atoms with Crippen LogP contribution in [0.5, 0.6) is 0 Å². The summed E-state index contributed by atoms with van der Waals surface area (Å²) in [4.78, 5) is 29.6. The molecule has 7 nitrogen and oxygen atoms in total. The minimum atomic E-state index is -0.463. The lowest BCUT2D eigenvalue weighted by atomic mass is 10.1. The lowest BCUT2D eigenvalue weighted by molar-refractivity contribution is 0.101. The fraction of sp³-hybridized carbons (Fsp3) is 0.0435. The number of nitrogens with one attached hydrogen (secondary N) is 2. The van der Waals surface area contributed by atoms with Gasteiger partial charge in [-0.05, 0) is 77.5 Å². The van der Waals surface area contributed by atoms with Crippen LogP contribution in [0, 0.1) is 12.7 Å². The van der Waals surface area contributed by atoms with Gasteiger partial charge in [0.25, 0.3) is 11.8 Å². The molecule has 0 aliphatic rings. The van der Waals surface area contributed by atoms with Crippen molar-refractivity contribution < 1.29 is 18.5 Å². The normalized spacial score (nSPS) is 10.6. The van der Waals surface area contributed by atoms with E-state index in [-0.39, 0.29) is 11.5 Å². The van der Waals surface area contributed by atoms with Crippen LogP contribution in [0.4, 0.5) is 15.9 Å². The van der Waals surface area contributed by atoms with Crippen LogP contribution >= 0.6 is 15.9 Å². The Labute approximate surface area is 190 Å². The molecule has 32 heavy (non-hydrogen) atoms. The number of nitrogens with zero attached hydrogens (tertiary/aromatic N) is 2. The summed E-state index contributed by atoms with van der Waals surface area (Å²) in [5, 5.41) is 9.40. The van der Waals surface area contributed by atoms with Crippen LogP contribution in [0.25, 0.3) is 11.3 Å². The first-order chi connectivity index (χ1) is 15.4. The Kier molecular flexibility index (Phi) is 6.09. The Bertz CT molecular complexity index is 1290. The Hall–Kier alpha value is -3.85. The van der Waals surface area contributed by atoms with Crippen molar-refractivity contribution in [3.05, 3.63) is 94.0 Å². The first-order valence-electron chi connectivity index (χ1n) is 9.47. The second-order valence-electron chi connectivity index (χ2n) is 6.82. The Balaban J connectivity index is 1.53. The van der Waals surface area contributed by atoms with E-state index in [2.05, 4.69) is 36.7 Å². The zero-order chi connectivity index (χ0) is 22.7. The molecule has 2 amide bonds. The number of rotatable bonds is 5. The van der Waals surface area contributed by atoms with Crippen molar-refractivity contribution in [1.29, 1.82) is 0 Å². The molecule has 2 aromatic carbocycles. The zero-order valence-corrected chi connectivity index (χ0v) is 18.3. The van der Waals surface area contributed by atoms with E-state index in [0.717, 1.165) is 4.47 Å². The van der Waals surface area contributed by atoms with Crippen LogP contribution in [0.2, 0.25) is 0 Å². The molecule has 160 valence electrons. The average molecular weight is 495 g/mol. The van der Waals surface area contributed by atoms with E-state index in [9.17, 15) is 14.0 Å². The lowest BCUT2D eigenvalue weighted by Crippen LogP contribution is -2.16. The van der Waals surface area contributed by atoms with Crippen molar-refractivity contribution in [1.82, 2.24) is 10.1 Å². The number of benzene rings is 2. The molecule has 0 atom stereocenters. The van der Waals surface area contributed by atoms with Gasteiger partial charge in [-0.15, -0.1) is 0 Å². The second kappa shape index (κ2) is 9.11. The zero-order valence-electron chi connectivity index (χ0n) is 16.7. The fourth-order valence-corrected chi connectivity index (χ4v) is 3.25. The average Bonchev–Trinajstić information content (AvgIpc) is 3.17. The fourth-order valence-electron chi connectivity index (χ4n) is 3.01. The second-order valence-corrected chi connectivity index (χ2v) is 7.74. The van der Waals surface area contributed by atoms with Gasteiger partial charge in [0.05, 0.1) is 0 Å². The molecule has 0 fully saturated rings. The van der Waals surface area contributed by atoms with Crippen molar-refractivity contribution in [2.24, 2.45) is 0 Å². The monoisotopic (exact) mass is 494 g/mol. The molecule has 0 aliphatic heterocycles. The van der Waals surface area contributed by atoms with Crippen LogP contribution in [0.15, 0.2) is 75.9 Å². The number of hydrogen-bond donors (Lipinski definition) is 2. The summed E-state index contributed by atoms with van der Waals surface area (Å²) in [6, 6.07) is 15.5. The van der Waals surface area contributed by atoms with Gasteiger partial charge >= 0.3 is 0 Å². The van der Waals surface area contributed by atoms with Crippen molar-refractivity contribution in [3.8, 4) is 11.3 Å². The number of carbonyl (C=O) groups is 2. The highest BCUT2D eigenvalue weighted by molar-refractivity contribution is 9.10. The molecular weight excluding hydrogens is 479 g/mol. The highest BCUT2D eigenvalue weighted by Crippen LogP contribution is 2.26. The van der Waals surface area contributed by atoms with Crippen LogP contribution in [0.1, 0.15) is 26.5 Å². The standard InChI is InChI=1S/C23H16BrFN4O3/c1-13-20(21(29-32-13)14-5-8-17(25)9-6-14)23(31)27-18-4-2-3-15(11-18)22(30)28-19-10-7-16(24)12-26-19/h2-12H,1H3,(H,27,31)(H,26,28,30). The number of hydrogen-bond acceptors (Lipinski definition) is 5. The van der Waals surface area contributed by atoms with E-state index in [0.29, 0.717) is 34.1 Å². The van der Waals surface area contributed by atoms with Crippen molar-refractivity contribution >= 4 is 39.2 Å². The number of anilines is 2. The van der Waals surface area contributed by atoms with Gasteiger partial charge in [-0.1, -0.05) is 11.2 Å². The van der Waals surface area contributed by atoms with Crippen LogP contribution < -0.4 is 10.6 Å². The van der Waals surface area contributed by atoms with Crippen molar-refractivity contribution in [3.63, 3.8) is 0 Å². The molecule has 2 N–H and O–H groups in total. The third-order valence-electron chi connectivity index (χ3n) is 4.56. The molecule has 4 rings (SSSR count). The van der Waals surface area contributed by atoms with Gasteiger partial charge < -0.3 is 15.2 Å². The molecule has 2 aromatic heterocycles. The number of aryl methyl sites for hydroxylation is 1. The summed E-state index contributed by atoms with van der Waals surface area (Å²) < 4.78 is 19.2. The summed E-state index contributed by atoms with van der Waals surface area (Å²) >= 11 is 3.29. The number of carbonyl (C=O) groups excluding carboxylic acids is 2. The topological polar surface area (TPSA) is 97.1 Å². The minimum Gasteiger partial charge on any atom is -0.360 e. The summed E-state index contributed by atoms with van der Waals surface area (Å²) in [5.74, 6) is -0.513. The van der Waals surface area contributed by atoms with Crippen LogP contribution in [-0.2, 0) is 0 Å². The summed E-state index contributed by atoms with van der Waals surface area (Å²) in [7, 11) is 0. The maximum absolute atomic E-state index is 13.3. The van der Waals surface area contributed by atoms with Crippen LogP contribution in [0.3, 0.4) is 0 Å². The first-order valence-corrected chi connectivity index (χ1v) is 10.3. The Morgan fingerprint density at radius 1 is 1.00 bits per heavy atom. The Morgan fingerprint density at radius 3 is 2.50 bits per heavy atom. The van der Waals surface area contributed by atoms with E-state index in [1.807, 2.05) is 0 Å². The molecule has 0 saturated heterocycles. The largest absolute Gasteiger partial charge is 0.360 e. The molecule has 0 unspecified atom stereocenters. The molecule has 0 aliphatic carbocycles. The number of pyridine rings is 1. The summed E-state index contributed by atoms with van der Waals surface area (Å²) in [6.45, 7) is 1.62. The molecular formula is C23H16BrFN4O3. The quantitative estimate of drug-likeness (QED) is 0.384. The maximum atomic E-state index is 13.3. The number of aromatic nitrogens is 2. The van der Waals surface area contributed by atoms with E-state index >= 15 is 0 Å². The molecule has 0 bridgehead atoms. The van der Waals surface area contributed by atoms with Gasteiger partial charge in [0.15, 0.2) is 0 Å². The first kappa shape index (κ1) is 21.4. The highest BCUT2D eigenvalue weighted by Gasteiger charge is 2.22. The lowest BCUT2D eigenvalue weighted by Gasteiger charge is -2.09. The van der Waals surface area contributed by atoms with Gasteiger partial charge in [-0.2, -0.15) is 0 Å². The van der Waals surface area contributed by atoms with Gasteiger partial charge in [0.1, 0.15) is 28.7 Å². The molecule has 4 aromatic rings. The predicted molar refractivity (Wildman–Crippen MR) is 121 cm³/mol. The van der Waals surface area contributed by atoms with Gasteiger partial charge in [-0.25, -0.2) is 9.37 Å². The van der Waals surface area contributed by atoms with Gasteiger partial charge in [-0.3, -0.25) is 9.59 Å². The minimum absolute atomic E-state index is 0.227. The SMILES string of the molecule is Cc1onc(-c2ccc(F)cc2)c1C(=O)Nc1cccc(C(=O)Nc2ccc(Br)cn2)c1. The number of halogens is 2. The van der Waals surface area contributed by atoms with E-state index < -0.39 is 11.7 Å². The van der Waals surface area contributed by atoms with Crippen LogP contribution in [-0.4, -0.2) is 22.0 Å². The highest BCUT2D eigenvalue weighted by atomic mass is 79.9. The van der Waals surface area contributed by atoms with Gasteiger partial charge in [0, 0.05) is 27.5 Å². The molecule has 0 spiro atoms. The summed E-state index contributed by atoms with van der Waals surface area (Å²) in [5.41, 5.74) is 1.83. The smallest absolute Gasteiger partial charge is 0.261 e. The van der Waals surface area contributed by atoms with Crippen molar-refractivity contribution in [2.75, 3.05) is 10.6 Å².